The topological polar surface area (TPSA) is 33.2 Å². The van der Waals surface area contributed by atoms with Gasteiger partial charge in [0.05, 0.1) is 0 Å². The minimum atomic E-state index is 0.0226. The van der Waals surface area contributed by atoms with Crippen LogP contribution in [0.1, 0.15) is 35.1 Å². The van der Waals surface area contributed by atoms with Crippen molar-refractivity contribution in [2.45, 2.75) is 26.7 Å². The molecule has 0 aliphatic carbocycles. The molecule has 4 heteroatoms. The van der Waals surface area contributed by atoms with Crippen LogP contribution in [0.15, 0.2) is 30.3 Å². The lowest BCUT2D eigenvalue weighted by molar-refractivity contribution is 0.0787. The molecule has 1 amide bonds. The molecule has 0 fully saturated rings. The molecule has 0 N–H and O–H groups in total. The lowest BCUT2D eigenvalue weighted by Crippen LogP contribution is -2.28. The number of unbranched alkanes of at least 4 members (excludes halogenated alkanes) is 1. The normalized spacial score (nSPS) is 10.6. The molecule has 0 aliphatic rings. The Balaban J connectivity index is 2.21. The summed E-state index contributed by atoms with van der Waals surface area (Å²) in [6.45, 7) is 4.87. The Hall–Kier alpha value is -1.68. The van der Waals surface area contributed by atoms with Gasteiger partial charge in [-0.2, -0.15) is 0 Å². The van der Waals surface area contributed by atoms with E-state index < -0.39 is 0 Å². The molecule has 3 nitrogen and oxygen atoms in total. The molecule has 0 saturated heterocycles. The van der Waals surface area contributed by atoms with Crippen LogP contribution < -0.4 is 0 Å². The maximum Gasteiger partial charge on any atom is 0.273 e. The molecular formula is C16H20N2OS. The van der Waals surface area contributed by atoms with E-state index in [0.29, 0.717) is 5.69 Å². The van der Waals surface area contributed by atoms with E-state index in [1.54, 1.807) is 16.2 Å². The van der Waals surface area contributed by atoms with Crippen LogP contribution >= 0.6 is 11.3 Å². The second-order valence-corrected chi connectivity index (χ2v) is 6.07. The van der Waals surface area contributed by atoms with Crippen LogP contribution in [0.5, 0.6) is 0 Å². The van der Waals surface area contributed by atoms with E-state index in [1.165, 1.54) is 0 Å². The first kappa shape index (κ1) is 14.7. The van der Waals surface area contributed by atoms with Crippen LogP contribution in [0, 0.1) is 6.92 Å². The average Bonchev–Trinajstić information content (AvgIpc) is 2.87. The quantitative estimate of drug-likeness (QED) is 0.833. The SMILES string of the molecule is CCCCN(C)C(=O)c1nc(-c2ccccc2)sc1C. The molecule has 0 radical (unpaired) electrons. The molecule has 0 bridgehead atoms. The lowest BCUT2D eigenvalue weighted by atomic mass is 10.2. The van der Waals surface area contributed by atoms with Crippen molar-refractivity contribution < 1.29 is 4.79 Å². The number of thiazole rings is 1. The van der Waals surface area contributed by atoms with Gasteiger partial charge in [0.25, 0.3) is 5.91 Å². The van der Waals surface area contributed by atoms with Crippen molar-refractivity contribution in [3.05, 3.63) is 40.9 Å². The first-order chi connectivity index (χ1) is 9.63. The van der Waals surface area contributed by atoms with Crippen molar-refractivity contribution in [1.29, 1.82) is 0 Å². The number of carbonyl (C=O) groups is 1. The van der Waals surface area contributed by atoms with E-state index >= 15 is 0 Å². The largest absolute Gasteiger partial charge is 0.340 e. The molecule has 0 spiro atoms. The van der Waals surface area contributed by atoms with Crippen molar-refractivity contribution in [3.63, 3.8) is 0 Å². The van der Waals surface area contributed by atoms with E-state index in [1.807, 2.05) is 44.3 Å². The first-order valence-electron chi connectivity index (χ1n) is 6.91. The van der Waals surface area contributed by atoms with Gasteiger partial charge in [-0.05, 0) is 13.3 Å². The Morgan fingerprint density at radius 1 is 1.30 bits per heavy atom. The van der Waals surface area contributed by atoms with Crippen molar-refractivity contribution >= 4 is 17.2 Å². The monoisotopic (exact) mass is 288 g/mol. The third-order valence-electron chi connectivity index (χ3n) is 3.21. The van der Waals surface area contributed by atoms with Crippen molar-refractivity contribution in [2.24, 2.45) is 0 Å². The van der Waals surface area contributed by atoms with Gasteiger partial charge in [-0.3, -0.25) is 4.79 Å². The van der Waals surface area contributed by atoms with Gasteiger partial charge in [0.2, 0.25) is 0 Å². The molecule has 0 atom stereocenters. The van der Waals surface area contributed by atoms with E-state index in [4.69, 9.17) is 0 Å². The smallest absolute Gasteiger partial charge is 0.273 e. The predicted molar refractivity (Wildman–Crippen MR) is 84.2 cm³/mol. The molecular weight excluding hydrogens is 268 g/mol. The zero-order chi connectivity index (χ0) is 14.5. The fourth-order valence-electron chi connectivity index (χ4n) is 1.98. The predicted octanol–water partition coefficient (Wildman–Crippen LogP) is 3.99. The molecule has 1 aromatic carbocycles. The number of nitrogens with zero attached hydrogens (tertiary/aromatic N) is 2. The highest BCUT2D eigenvalue weighted by molar-refractivity contribution is 7.15. The molecule has 0 aliphatic heterocycles. The van der Waals surface area contributed by atoms with Gasteiger partial charge in [0.15, 0.2) is 0 Å². The maximum atomic E-state index is 12.4. The van der Waals surface area contributed by atoms with Crippen molar-refractivity contribution in [3.8, 4) is 10.6 Å². The number of carbonyl (C=O) groups excluding carboxylic acids is 1. The summed E-state index contributed by atoms with van der Waals surface area (Å²) in [7, 11) is 1.85. The number of amides is 1. The number of benzene rings is 1. The second kappa shape index (κ2) is 6.66. The highest BCUT2D eigenvalue weighted by Gasteiger charge is 2.19. The molecule has 1 aromatic heterocycles. The summed E-state index contributed by atoms with van der Waals surface area (Å²) in [5, 5.41) is 0.912. The third-order valence-corrected chi connectivity index (χ3v) is 4.23. The summed E-state index contributed by atoms with van der Waals surface area (Å²) < 4.78 is 0. The molecule has 0 unspecified atom stereocenters. The van der Waals surface area contributed by atoms with Crippen molar-refractivity contribution in [2.75, 3.05) is 13.6 Å². The fourth-order valence-corrected chi connectivity index (χ4v) is 2.89. The number of aromatic nitrogens is 1. The molecule has 20 heavy (non-hydrogen) atoms. The number of aryl methyl sites for hydroxylation is 1. The van der Waals surface area contributed by atoms with Crippen LogP contribution in [0.2, 0.25) is 0 Å². The minimum absolute atomic E-state index is 0.0226. The molecule has 2 aromatic rings. The summed E-state index contributed by atoms with van der Waals surface area (Å²) >= 11 is 1.58. The van der Waals surface area contributed by atoms with Gasteiger partial charge in [-0.15, -0.1) is 11.3 Å². The summed E-state index contributed by atoms with van der Waals surface area (Å²) in [5.74, 6) is 0.0226. The molecule has 2 rings (SSSR count). The Bertz CT molecular complexity index is 577. The van der Waals surface area contributed by atoms with Crippen LogP contribution in [-0.4, -0.2) is 29.4 Å². The summed E-state index contributed by atoms with van der Waals surface area (Å²) in [6.07, 6.45) is 2.11. The molecule has 106 valence electrons. The molecule has 0 saturated carbocycles. The first-order valence-corrected chi connectivity index (χ1v) is 7.73. The van der Waals surface area contributed by atoms with Gasteiger partial charge >= 0.3 is 0 Å². The lowest BCUT2D eigenvalue weighted by Gasteiger charge is -2.15. The highest BCUT2D eigenvalue weighted by atomic mass is 32.1. The molecule has 1 heterocycles. The highest BCUT2D eigenvalue weighted by Crippen LogP contribution is 2.27. The van der Waals surface area contributed by atoms with E-state index in [-0.39, 0.29) is 5.91 Å². The van der Waals surface area contributed by atoms with E-state index in [2.05, 4.69) is 11.9 Å². The van der Waals surface area contributed by atoms with Gasteiger partial charge < -0.3 is 4.90 Å². The Morgan fingerprint density at radius 2 is 2.00 bits per heavy atom. The summed E-state index contributed by atoms with van der Waals surface area (Å²) in [5.41, 5.74) is 1.66. The van der Waals surface area contributed by atoms with E-state index in [9.17, 15) is 4.79 Å². The zero-order valence-corrected chi connectivity index (χ0v) is 13.0. The summed E-state index contributed by atoms with van der Waals surface area (Å²) in [4.78, 5) is 19.7. The Labute approximate surface area is 124 Å². The standard InChI is InChI=1S/C16H20N2OS/c1-4-5-11-18(3)16(19)14-12(2)20-15(17-14)13-9-7-6-8-10-13/h6-10H,4-5,11H2,1-3H3. The van der Waals surface area contributed by atoms with Gasteiger partial charge in [0, 0.05) is 24.0 Å². The van der Waals surface area contributed by atoms with Crippen LogP contribution in [0.25, 0.3) is 10.6 Å². The van der Waals surface area contributed by atoms with Gasteiger partial charge in [-0.1, -0.05) is 43.7 Å². The Kier molecular flexibility index (Phi) is 4.90. The fraction of sp³-hybridized carbons (Fsp3) is 0.375. The van der Waals surface area contributed by atoms with Crippen LogP contribution in [0.3, 0.4) is 0 Å². The second-order valence-electron chi connectivity index (χ2n) is 4.87. The van der Waals surface area contributed by atoms with Crippen molar-refractivity contribution in [1.82, 2.24) is 9.88 Å². The number of rotatable bonds is 5. The third kappa shape index (κ3) is 3.25. The zero-order valence-electron chi connectivity index (χ0n) is 12.2. The van der Waals surface area contributed by atoms with Gasteiger partial charge in [0.1, 0.15) is 10.7 Å². The number of hydrogen-bond acceptors (Lipinski definition) is 3. The summed E-state index contributed by atoms with van der Waals surface area (Å²) in [6, 6.07) is 10.00. The van der Waals surface area contributed by atoms with Crippen LogP contribution in [0.4, 0.5) is 0 Å². The van der Waals surface area contributed by atoms with E-state index in [0.717, 1.165) is 34.8 Å². The minimum Gasteiger partial charge on any atom is -0.340 e. The Morgan fingerprint density at radius 3 is 2.65 bits per heavy atom. The number of hydrogen-bond donors (Lipinski definition) is 0. The average molecular weight is 288 g/mol. The van der Waals surface area contributed by atoms with Crippen LogP contribution in [-0.2, 0) is 0 Å². The maximum absolute atomic E-state index is 12.4. The van der Waals surface area contributed by atoms with Gasteiger partial charge in [-0.25, -0.2) is 4.98 Å².